The van der Waals surface area contributed by atoms with E-state index in [1.165, 1.54) is 24.8 Å². The largest absolute Gasteiger partial charge is 0.492 e. The quantitative estimate of drug-likeness (QED) is 0.737. The van der Waals surface area contributed by atoms with Gasteiger partial charge in [0.1, 0.15) is 5.75 Å². The van der Waals surface area contributed by atoms with Crippen molar-refractivity contribution < 1.29 is 4.74 Å². The molecule has 1 aliphatic rings. The van der Waals surface area contributed by atoms with Crippen LogP contribution in [0.2, 0.25) is 5.02 Å². The molecule has 76 valence electrons. The van der Waals surface area contributed by atoms with Gasteiger partial charge in [-0.25, -0.2) is 0 Å². The first kappa shape index (κ1) is 9.85. The maximum absolute atomic E-state index is 6.05. The van der Waals surface area contributed by atoms with Crippen LogP contribution in [-0.4, -0.2) is 6.61 Å². The van der Waals surface area contributed by atoms with Gasteiger partial charge in [0.2, 0.25) is 0 Å². The van der Waals surface area contributed by atoms with Crippen molar-refractivity contribution in [3.8, 4) is 5.75 Å². The first-order valence-electron chi connectivity index (χ1n) is 5.14. The predicted octanol–water partition coefficient (Wildman–Crippen LogP) is 3.83. The lowest BCUT2D eigenvalue weighted by Gasteiger charge is -2.25. The molecule has 0 N–H and O–H groups in total. The second-order valence-electron chi connectivity index (χ2n) is 4.04. The van der Waals surface area contributed by atoms with Crippen molar-refractivity contribution in [3.63, 3.8) is 0 Å². The van der Waals surface area contributed by atoms with Crippen LogP contribution in [0.5, 0.6) is 5.75 Å². The molecule has 0 spiro atoms. The third-order valence-corrected chi connectivity index (χ3v) is 3.08. The molecule has 1 fully saturated rings. The number of hydrogen-bond acceptors (Lipinski definition) is 1. The van der Waals surface area contributed by atoms with Gasteiger partial charge < -0.3 is 4.74 Å². The fourth-order valence-electron chi connectivity index (χ4n) is 1.59. The lowest BCUT2D eigenvalue weighted by Crippen LogP contribution is -2.19. The molecule has 0 radical (unpaired) electrons. The van der Waals surface area contributed by atoms with E-state index in [0.717, 1.165) is 23.3 Å². The Hall–Kier alpha value is -0.690. The zero-order valence-electron chi connectivity index (χ0n) is 8.42. The van der Waals surface area contributed by atoms with Crippen molar-refractivity contribution in [1.82, 2.24) is 0 Å². The molecule has 1 aromatic rings. The smallest absolute Gasteiger partial charge is 0.137 e. The summed E-state index contributed by atoms with van der Waals surface area (Å²) in [4.78, 5) is 0. The summed E-state index contributed by atoms with van der Waals surface area (Å²) in [7, 11) is 0. The Bertz CT molecular complexity index is 318. The molecule has 1 aromatic carbocycles. The van der Waals surface area contributed by atoms with Crippen LogP contribution in [0.25, 0.3) is 0 Å². The first-order chi connectivity index (χ1) is 6.75. The van der Waals surface area contributed by atoms with E-state index in [-0.39, 0.29) is 0 Å². The van der Waals surface area contributed by atoms with E-state index in [1.54, 1.807) is 0 Å². The Labute approximate surface area is 90.0 Å². The SMILES string of the molecule is Cc1ccc(OCC2CCC2)c(Cl)c1. The molecular weight excluding hydrogens is 196 g/mol. The third kappa shape index (κ3) is 2.21. The zero-order chi connectivity index (χ0) is 9.97. The Balaban J connectivity index is 1.94. The monoisotopic (exact) mass is 210 g/mol. The van der Waals surface area contributed by atoms with E-state index >= 15 is 0 Å². The fourth-order valence-corrected chi connectivity index (χ4v) is 1.88. The van der Waals surface area contributed by atoms with Gasteiger partial charge >= 0.3 is 0 Å². The molecule has 0 atom stereocenters. The summed E-state index contributed by atoms with van der Waals surface area (Å²) in [5.41, 5.74) is 1.17. The molecule has 0 amide bonds. The zero-order valence-corrected chi connectivity index (χ0v) is 9.18. The highest BCUT2D eigenvalue weighted by Gasteiger charge is 2.18. The van der Waals surface area contributed by atoms with Crippen LogP contribution < -0.4 is 4.74 Å². The fraction of sp³-hybridized carbons (Fsp3) is 0.500. The molecule has 0 saturated heterocycles. The lowest BCUT2D eigenvalue weighted by atomic mass is 9.86. The number of rotatable bonds is 3. The summed E-state index contributed by atoms with van der Waals surface area (Å²) in [6, 6.07) is 5.93. The highest BCUT2D eigenvalue weighted by atomic mass is 35.5. The summed E-state index contributed by atoms with van der Waals surface area (Å²) < 4.78 is 5.66. The van der Waals surface area contributed by atoms with Gasteiger partial charge in [-0.15, -0.1) is 0 Å². The Morgan fingerprint density at radius 1 is 1.43 bits per heavy atom. The lowest BCUT2D eigenvalue weighted by molar-refractivity contribution is 0.180. The molecule has 1 aliphatic carbocycles. The molecule has 0 aliphatic heterocycles. The van der Waals surface area contributed by atoms with E-state index in [0.29, 0.717) is 0 Å². The van der Waals surface area contributed by atoms with Gasteiger partial charge in [0.25, 0.3) is 0 Å². The molecule has 1 nitrogen and oxygen atoms in total. The second kappa shape index (κ2) is 4.22. The van der Waals surface area contributed by atoms with Crippen molar-refractivity contribution in [2.75, 3.05) is 6.61 Å². The summed E-state index contributed by atoms with van der Waals surface area (Å²) in [6.45, 7) is 2.85. The van der Waals surface area contributed by atoms with Crippen LogP contribution in [0.1, 0.15) is 24.8 Å². The van der Waals surface area contributed by atoms with Crippen molar-refractivity contribution in [2.45, 2.75) is 26.2 Å². The van der Waals surface area contributed by atoms with Crippen LogP contribution in [0, 0.1) is 12.8 Å². The number of ether oxygens (including phenoxy) is 1. The van der Waals surface area contributed by atoms with Crippen molar-refractivity contribution in [2.24, 2.45) is 5.92 Å². The minimum absolute atomic E-state index is 0.726. The van der Waals surface area contributed by atoms with Crippen LogP contribution in [-0.2, 0) is 0 Å². The molecule has 0 heterocycles. The minimum Gasteiger partial charge on any atom is -0.492 e. The average Bonchev–Trinajstić information content (AvgIpc) is 2.05. The summed E-state index contributed by atoms with van der Waals surface area (Å²) in [5.74, 6) is 1.58. The van der Waals surface area contributed by atoms with Crippen LogP contribution in [0.3, 0.4) is 0 Å². The topological polar surface area (TPSA) is 9.23 Å². The van der Waals surface area contributed by atoms with Gasteiger partial charge in [-0.05, 0) is 43.4 Å². The molecule has 0 bridgehead atoms. The molecule has 2 heteroatoms. The first-order valence-corrected chi connectivity index (χ1v) is 5.52. The summed E-state index contributed by atoms with van der Waals surface area (Å²) in [5, 5.41) is 0.726. The third-order valence-electron chi connectivity index (χ3n) is 2.79. The van der Waals surface area contributed by atoms with E-state index in [9.17, 15) is 0 Å². The Morgan fingerprint density at radius 3 is 2.79 bits per heavy atom. The normalized spacial score (nSPS) is 16.4. The van der Waals surface area contributed by atoms with Crippen molar-refractivity contribution >= 4 is 11.6 Å². The van der Waals surface area contributed by atoms with Crippen LogP contribution >= 0.6 is 11.6 Å². The maximum Gasteiger partial charge on any atom is 0.137 e. The Morgan fingerprint density at radius 2 is 2.21 bits per heavy atom. The van der Waals surface area contributed by atoms with Gasteiger partial charge in [0, 0.05) is 0 Å². The predicted molar refractivity (Wildman–Crippen MR) is 59.0 cm³/mol. The maximum atomic E-state index is 6.05. The Kier molecular flexibility index (Phi) is 2.97. The van der Waals surface area contributed by atoms with Gasteiger partial charge in [-0.1, -0.05) is 24.1 Å². The number of aryl methyl sites for hydroxylation is 1. The second-order valence-corrected chi connectivity index (χ2v) is 4.45. The van der Waals surface area contributed by atoms with Gasteiger partial charge in [-0.3, -0.25) is 0 Å². The standard InChI is InChI=1S/C12H15ClO/c1-9-5-6-12(11(13)7-9)14-8-10-3-2-4-10/h5-7,10H,2-4,8H2,1H3. The molecule has 2 rings (SSSR count). The summed E-state index contributed by atoms with van der Waals surface area (Å²) in [6.07, 6.45) is 3.97. The van der Waals surface area contributed by atoms with E-state index in [1.807, 2.05) is 25.1 Å². The molecule has 14 heavy (non-hydrogen) atoms. The molecular formula is C12H15ClO. The highest BCUT2D eigenvalue weighted by Crippen LogP contribution is 2.30. The number of hydrogen-bond donors (Lipinski definition) is 0. The molecule has 0 unspecified atom stereocenters. The minimum atomic E-state index is 0.726. The van der Waals surface area contributed by atoms with Crippen molar-refractivity contribution in [3.05, 3.63) is 28.8 Å². The van der Waals surface area contributed by atoms with E-state index < -0.39 is 0 Å². The van der Waals surface area contributed by atoms with Crippen LogP contribution in [0.4, 0.5) is 0 Å². The number of benzene rings is 1. The van der Waals surface area contributed by atoms with Crippen molar-refractivity contribution in [1.29, 1.82) is 0 Å². The summed E-state index contributed by atoms with van der Waals surface area (Å²) >= 11 is 6.05. The highest BCUT2D eigenvalue weighted by molar-refractivity contribution is 6.32. The van der Waals surface area contributed by atoms with E-state index in [4.69, 9.17) is 16.3 Å². The molecule has 1 saturated carbocycles. The van der Waals surface area contributed by atoms with Gasteiger partial charge in [-0.2, -0.15) is 0 Å². The van der Waals surface area contributed by atoms with Crippen LogP contribution in [0.15, 0.2) is 18.2 Å². The van der Waals surface area contributed by atoms with Gasteiger partial charge in [0.15, 0.2) is 0 Å². The molecule has 0 aromatic heterocycles. The number of halogens is 1. The van der Waals surface area contributed by atoms with Gasteiger partial charge in [0.05, 0.1) is 11.6 Å². The van der Waals surface area contributed by atoms with E-state index in [2.05, 4.69) is 0 Å². The average molecular weight is 211 g/mol.